The Morgan fingerprint density at radius 3 is 2.39 bits per heavy atom. The molecule has 0 aliphatic carbocycles. The normalized spacial score (nSPS) is 14.0. The molecule has 1 rings (SSSR count). The molecule has 8 nitrogen and oxygen atoms in total. The zero-order valence-corrected chi connectivity index (χ0v) is 17.1. The van der Waals surface area contributed by atoms with Crippen LogP contribution in [-0.4, -0.2) is 55.3 Å². The van der Waals surface area contributed by atoms with Crippen LogP contribution in [0.5, 0.6) is 0 Å². The molecule has 0 fully saturated rings. The molecule has 4 N–H and O–H groups in total. The van der Waals surface area contributed by atoms with Crippen molar-refractivity contribution in [3.8, 4) is 0 Å². The molecule has 0 radical (unpaired) electrons. The summed E-state index contributed by atoms with van der Waals surface area (Å²) in [5, 5.41) is 2.69. The molecule has 1 aromatic carbocycles. The highest BCUT2D eigenvalue weighted by Crippen LogP contribution is 2.14. The smallest absolute Gasteiger partial charge is 0.249 e. The van der Waals surface area contributed by atoms with Gasteiger partial charge in [-0.2, -0.15) is 5.48 Å². The molecule has 0 heterocycles. The molecule has 28 heavy (non-hydrogen) atoms. The van der Waals surface area contributed by atoms with E-state index in [1.165, 1.54) is 4.90 Å². The highest BCUT2D eigenvalue weighted by molar-refractivity contribution is 5.89. The van der Waals surface area contributed by atoms with Crippen molar-refractivity contribution in [1.29, 1.82) is 0 Å². The topological polar surface area (TPSA) is 114 Å². The molecule has 8 heteroatoms. The van der Waals surface area contributed by atoms with E-state index < -0.39 is 24.1 Å². The van der Waals surface area contributed by atoms with Crippen molar-refractivity contribution in [2.24, 2.45) is 5.73 Å². The number of hydroxylamine groups is 1. The second kappa shape index (κ2) is 12.2. The lowest BCUT2D eigenvalue weighted by atomic mass is 10.0. The van der Waals surface area contributed by atoms with Crippen LogP contribution in [0.4, 0.5) is 0 Å². The van der Waals surface area contributed by atoms with Gasteiger partial charge in [0.1, 0.15) is 12.1 Å². The first-order chi connectivity index (χ1) is 13.3. The van der Waals surface area contributed by atoms with E-state index in [0.717, 1.165) is 12.8 Å². The molecular weight excluding hydrogens is 360 g/mol. The summed E-state index contributed by atoms with van der Waals surface area (Å²) in [6.07, 6.45) is 1.67. The van der Waals surface area contributed by atoms with Crippen LogP contribution in [0.25, 0.3) is 0 Å². The summed E-state index contributed by atoms with van der Waals surface area (Å²) >= 11 is 0. The van der Waals surface area contributed by atoms with Crippen molar-refractivity contribution in [2.45, 2.75) is 51.3 Å². The molecule has 0 aromatic heterocycles. The number of nitrogens with one attached hydrogen (secondary N) is 2. The number of rotatable bonds is 12. The number of nitrogens with two attached hydrogens (primary N) is 1. The van der Waals surface area contributed by atoms with Crippen LogP contribution in [0.3, 0.4) is 0 Å². The van der Waals surface area contributed by atoms with Crippen molar-refractivity contribution < 1.29 is 19.2 Å². The van der Waals surface area contributed by atoms with E-state index in [2.05, 4.69) is 10.8 Å². The van der Waals surface area contributed by atoms with Gasteiger partial charge in [-0.25, -0.2) is 0 Å². The molecule has 3 atom stereocenters. The number of ketones is 1. The van der Waals surface area contributed by atoms with Gasteiger partial charge in [-0.05, 0) is 18.9 Å². The van der Waals surface area contributed by atoms with Gasteiger partial charge >= 0.3 is 0 Å². The third-order valence-electron chi connectivity index (χ3n) is 4.25. The predicted molar refractivity (Wildman–Crippen MR) is 107 cm³/mol. The number of nitrogens with zero attached hydrogens (tertiary/aromatic N) is 1. The number of unbranched alkanes of at least 4 members (excludes halogenated alkanes) is 1. The molecule has 0 saturated heterocycles. The van der Waals surface area contributed by atoms with Crippen LogP contribution in [-0.2, 0) is 19.2 Å². The minimum absolute atomic E-state index is 0.203. The second-order valence-electron chi connectivity index (χ2n) is 6.88. The summed E-state index contributed by atoms with van der Waals surface area (Å²) in [6.45, 7) is 3.41. The summed E-state index contributed by atoms with van der Waals surface area (Å²) in [7, 11) is 3.25. The number of Topliss-reactive ketones (excluding diaryl/α,β-unsaturated/α-hetero) is 1. The first-order valence-corrected chi connectivity index (χ1v) is 9.51. The Balaban J connectivity index is 2.55. The molecular formula is C20H32N4O4. The van der Waals surface area contributed by atoms with Crippen LogP contribution in [0, 0.1) is 0 Å². The summed E-state index contributed by atoms with van der Waals surface area (Å²) in [6, 6.07) is 7.60. The minimum Gasteiger partial charge on any atom is -0.347 e. The molecule has 2 unspecified atom stereocenters. The highest BCUT2D eigenvalue weighted by Gasteiger charge is 2.25. The van der Waals surface area contributed by atoms with E-state index in [9.17, 15) is 14.4 Å². The predicted octanol–water partition coefficient (Wildman–Crippen LogP) is 0.928. The van der Waals surface area contributed by atoms with Gasteiger partial charge in [0.2, 0.25) is 11.8 Å². The zero-order valence-electron chi connectivity index (χ0n) is 17.1. The fourth-order valence-corrected chi connectivity index (χ4v) is 2.56. The standard InChI is InChI=1S/C20H32N4O4/c1-5-6-12-16(21)19(26)14(2)28-22-13-17(25)23-18(20(27)24(3)4)15-10-8-7-9-11-15/h7-11,14,16,18,22H,5-6,12-13,21H2,1-4H3,(H,23,25)/t14?,16?,18-/m0/s1. The average Bonchev–Trinajstić information content (AvgIpc) is 2.69. The van der Waals surface area contributed by atoms with Gasteiger partial charge in [0.25, 0.3) is 0 Å². The van der Waals surface area contributed by atoms with Crippen molar-refractivity contribution in [2.75, 3.05) is 20.6 Å². The summed E-state index contributed by atoms with van der Waals surface area (Å²) in [5.41, 5.74) is 9.02. The van der Waals surface area contributed by atoms with Crippen molar-refractivity contribution >= 4 is 17.6 Å². The fraction of sp³-hybridized carbons (Fsp3) is 0.550. The maximum Gasteiger partial charge on any atom is 0.249 e. The van der Waals surface area contributed by atoms with Gasteiger partial charge < -0.3 is 16.0 Å². The first kappa shape index (κ1) is 23.7. The third-order valence-corrected chi connectivity index (χ3v) is 4.25. The van der Waals surface area contributed by atoms with E-state index >= 15 is 0 Å². The Morgan fingerprint density at radius 1 is 1.18 bits per heavy atom. The Morgan fingerprint density at radius 2 is 1.82 bits per heavy atom. The molecule has 0 aliphatic rings. The van der Waals surface area contributed by atoms with Crippen LogP contribution in [0.1, 0.15) is 44.7 Å². The molecule has 0 spiro atoms. The highest BCUT2D eigenvalue weighted by atomic mass is 16.7. The number of benzene rings is 1. The van der Waals surface area contributed by atoms with Gasteiger partial charge in [0.15, 0.2) is 5.78 Å². The van der Waals surface area contributed by atoms with Gasteiger partial charge in [0, 0.05) is 14.1 Å². The van der Waals surface area contributed by atoms with Crippen LogP contribution >= 0.6 is 0 Å². The van der Waals surface area contributed by atoms with Crippen LogP contribution in [0.2, 0.25) is 0 Å². The van der Waals surface area contributed by atoms with E-state index in [0.29, 0.717) is 12.0 Å². The summed E-state index contributed by atoms with van der Waals surface area (Å²) in [4.78, 5) is 43.4. The Labute approximate surface area is 166 Å². The van der Waals surface area contributed by atoms with Gasteiger partial charge in [-0.3, -0.25) is 19.2 Å². The largest absolute Gasteiger partial charge is 0.347 e. The lowest BCUT2D eigenvalue weighted by Gasteiger charge is -2.22. The lowest BCUT2D eigenvalue weighted by molar-refractivity contribution is -0.140. The van der Waals surface area contributed by atoms with Gasteiger partial charge in [-0.15, -0.1) is 0 Å². The Kier molecular flexibility index (Phi) is 10.4. The minimum atomic E-state index is -0.799. The zero-order chi connectivity index (χ0) is 21.1. The van der Waals surface area contributed by atoms with E-state index in [4.69, 9.17) is 10.6 Å². The third kappa shape index (κ3) is 7.75. The number of hydrogen-bond acceptors (Lipinski definition) is 6. The quantitative estimate of drug-likeness (QED) is 0.456. The van der Waals surface area contributed by atoms with Gasteiger partial charge in [-0.1, -0.05) is 50.1 Å². The van der Waals surface area contributed by atoms with Crippen LogP contribution in [0.15, 0.2) is 30.3 Å². The molecule has 0 aliphatic heterocycles. The van der Waals surface area contributed by atoms with E-state index in [1.54, 1.807) is 45.3 Å². The van der Waals surface area contributed by atoms with E-state index in [-0.39, 0.29) is 18.2 Å². The maximum atomic E-state index is 12.4. The molecule has 2 amide bonds. The fourth-order valence-electron chi connectivity index (χ4n) is 2.56. The summed E-state index contributed by atoms with van der Waals surface area (Å²) < 4.78 is 0. The number of likely N-dealkylation sites (N-methyl/N-ethyl adjacent to an activating group) is 1. The van der Waals surface area contributed by atoms with Gasteiger partial charge in [0.05, 0.1) is 12.6 Å². The Hall–Kier alpha value is -2.29. The second-order valence-corrected chi connectivity index (χ2v) is 6.88. The molecule has 0 bridgehead atoms. The summed E-state index contributed by atoms with van der Waals surface area (Å²) in [5.74, 6) is -0.892. The van der Waals surface area contributed by atoms with Crippen LogP contribution < -0.4 is 16.5 Å². The van der Waals surface area contributed by atoms with Crippen molar-refractivity contribution in [3.05, 3.63) is 35.9 Å². The number of hydrogen-bond donors (Lipinski definition) is 3. The van der Waals surface area contributed by atoms with Crippen molar-refractivity contribution in [3.63, 3.8) is 0 Å². The van der Waals surface area contributed by atoms with Crippen molar-refractivity contribution in [1.82, 2.24) is 15.7 Å². The van der Waals surface area contributed by atoms with E-state index in [1.807, 2.05) is 13.0 Å². The number of carbonyl (C=O) groups is 3. The lowest BCUT2D eigenvalue weighted by Crippen LogP contribution is -2.45. The number of carbonyl (C=O) groups excluding carboxylic acids is 3. The average molecular weight is 393 g/mol. The molecule has 156 valence electrons. The monoisotopic (exact) mass is 392 g/mol. The number of amides is 2. The first-order valence-electron chi connectivity index (χ1n) is 9.51. The Bertz CT molecular complexity index is 636. The molecule has 1 aromatic rings. The molecule has 0 saturated carbocycles. The SMILES string of the molecule is CCCCC(N)C(=O)C(C)ONCC(=O)N[C@H](C(=O)N(C)C)c1ccccc1. The maximum absolute atomic E-state index is 12.4.